The van der Waals surface area contributed by atoms with Crippen LogP contribution in [0.25, 0.3) is 0 Å². The van der Waals surface area contributed by atoms with Crippen molar-refractivity contribution in [3.8, 4) is 0 Å². The Morgan fingerprint density at radius 3 is 2.89 bits per heavy atom. The summed E-state index contributed by atoms with van der Waals surface area (Å²) >= 11 is 0. The zero-order chi connectivity index (χ0) is 12.8. The summed E-state index contributed by atoms with van der Waals surface area (Å²) in [5, 5.41) is 6.24. The number of hydrogen-bond donors (Lipinski definition) is 2. The molecule has 2 rings (SSSR count). The van der Waals surface area contributed by atoms with E-state index in [-0.39, 0.29) is 5.91 Å². The second kappa shape index (κ2) is 7.10. The van der Waals surface area contributed by atoms with E-state index in [0.717, 1.165) is 38.6 Å². The Kier molecular flexibility index (Phi) is 5.45. The molecule has 18 heavy (non-hydrogen) atoms. The molecular formula is C14H27N3O. The fourth-order valence-corrected chi connectivity index (χ4v) is 2.83. The van der Waals surface area contributed by atoms with E-state index >= 15 is 0 Å². The molecule has 1 amide bonds. The van der Waals surface area contributed by atoms with Crippen LogP contribution in [0.3, 0.4) is 0 Å². The molecule has 0 aromatic carbocycles. The Balaban J connectivity index is 1.50. The van der Waals surface area contributed by atoms with Gasteiger partial charge in [0.1, 0.15) is 0 Å². The van der Waals surface area contributed by atoms with Gasteiger partial charge in [0.05, 0.1) is 0 Å². The summed E-state index contributed by atoms with van der Waals surface area (Å²) in [5.74, 6) is 0.806. The molecular weight excluding hydrogens is 226 g/mol. The summed E-state index contributed by atoms with van der Waals surface area (Å²) in [6.45, 7) is 7.55. The minimum absolute atomic E-state index is 0.230. The second-order valence-electron chi connectivity index (χ2n) is 5.81. The summed E-state index contributed by atoms with van der Waals surface area (Å²) in [6, 6.07) is 0.732. The van der Waals surface area contributed by atoms with Crippen LogP contribution in [0, 0.1) is 5.92 Å². The Hall–Kier alpha value is -0.610. The Morgan fingerprint density at radius 1 is 1.39 bits per heavy atom. The molecule has 2 aliphatic heterocycles. The van der Waals surface area contributed by atoms with Crippen molar-refractivity contribution in [3.05, 3.63) is 0 Å². The lowest BCUT2D eigenvalue weighted by Crippen LogP contribution is -2.44. The normalized spacial score (nSPS) is 25.7. The Bertz CT molecular complexity index is 266. The van der Waals surface area contributed by atoms with Crippen LogP contribution in [-0.4, -0.2) is 49.6 Å². The summed E-state index contributed by atoms with van der Waals surface area (Å²) < 4.78 is 0. The quantitative estimate of drug-likeness (QED) is 0.694. The molecule has 2 fully saturated rings. The highest BCUT2D eigenvalue weighted by atomic mass is 16.1. The second-order valence-corrected chi connectivity index (χ2v) is 5.81. The number of nitrogens with zero attached hydrogens (tertiary/aromatic N) is 1. The van der Waals surface area contributed by atoms with Gasteiger partial charge in [-0.1, -0.05) is 6.42 Å². The largest absolute Gasteiger partial charge is 0.356 e. The van der Waals surface area contributed by atoms with Crippen LogP contribution in [0.2, 0.25) is 0 Å². The van der Waals surface area contributed by atoms with E-state index in [0.29, 0.717) is 12.3 Å². The minimum Gasteiger partial charge on any atom is -0.356 e. The maximum absolute atomic E-state index is 11.6. The number of piperidine rings is 1. The monoisotopic (exact) mass is 253 g/mol. The predicted molar refractivity (Wildman–Crippen MR) is 73.5 cm³/mol. The lowest BCUT2D eigenvalue weighted by atomic mass is 9.99. The van der Waals surface area contributed by atoms with E-state index in [2.05, 4.69) is 22.5 Å². The molecule has 0 aliphatic carbocycles. The molecule has 0 bridgehead atoms. The first-order valence-electron chi connectivity index (χ1n) is 7.47. The number of carbonyl (C=O) groups is 1. The highest BCUT2D eigenvalue weighted by molar-refractivity contribution is 5.76. The molecule has 2 aliphatic rings. The average molecular weight is 253 g/mol. The molecule has 2 saturated heterocycles. The smallest absolute Gasteiger partial charge is 0.220 e. The SMILES string of the molecule is CC1CCCCN1CCCNC(=O)CC1CNC1. The molecule has 0 spiro atoms. The van der Waals surface area contributed by atoms with Gasteiger partial charge in [0, 0.05) is 25.6 Å². The third kappa shape index (κ3) is 4.25. The fourth-order valence-electron chi connectivity index (χ4n) is 2.83. The van der Waals surface area contributed by atoms with Crippen molar-refractivity contribution in [1.29, 1.82) is 0 Å². The van der Waals surface area contributed by atoms with Gasteiger partial charge in [-0.3, -0.25) is 4.79 Å². The lowest BCUT2D eigenvalue weighted by Gasteiger charge is -2.33. The zero-order valence-electron chi connectivity index (χ0n) is 11.6. The lowest BCUT2D eigenvalue weighted by molar-refractivity contribution is -0.122. The number of amides is 1. The van der Waals surface area contributed by atoms with Crippen molar-refractivity contribution in [2.24, 2.45) is 5.92 Å². The molecule has 2 N–H and O–H groups in total. The van der Waals surface area contributed by atoms with Crippen molar-refractivity contribution in [2.45, 2.75) is 45.1 Å². The number of rotatable bonds is 6. The summed E-state index contributed by atoms with van der Waals surface area (Å²) in [6.07, 6.45) is 5.84. The van der Waals surface area contributed by atoms with Gasteiger partial charge in [0.25, 0.3) is 0 Å². The summed E-state index contributed by atoms with van der Waals surface area (Å²) in [7, 11) is 0. The van der Waals surface area contributed by atoms with Gasteiger partial charge in [-0.2, -0.15) is 0 Å². The first kappa shape index (κ1) is 13.8. The van der Waals surface area contributed by atoms with Gasteiger partial charge in [0.15, 0.2) is 0 Å². The third-order valence-corrected chi connectivity index (χ3v) is 4.22. The van der Waals surface area contributed by atoms with Crippen LogP contribution in [-0.2, 0) is 4.79 Å². The summed E-state index contributed by atoms with van der Waals surface area (Å²) in [4.78, 5) is 14.2. The van der Waals surface area contributed by atoms with E-state index in [4.69, 9.17) is 0 Å². The van der Waals surface area contributed by atoms with Gasteiger partial charge in [-0.15, -0.1) is 0 Å². The number of carbonyl (C=O) groups excluding carboxylic acids is 1. The van der Waals surface area contributed by atoms with Crippen LogP contribution >= 0.6 is 0 Å². The van der Waals surface area contributed by atoms with Crippen LogP contribution in [0.5, 0.6) is 0 Å². The fraction of sp³-hybridized carbons (Fsp3) is 0.929. The van der Waals surface area contributed by atoms with Gasteiger partial charge in [-0.25, -0.2) is 0 Å². The van der Waals surface area contributed by atoms with E-state index in [9.17, 15) is 4.79 Å². The highest BCUT2D eigenvalue weighted by Gasteiger charge is 2.20. The van der Waals surface area contributed by atoms with Gasteiger partial charge < -0.3 is 15.5 Å². The number of hydrogen-bond acceptors (Lipinski definition) is 3. The van der Waals surface area contributed by atoms with Crippen LogP contribution < -0.4 is 10.6 Å². The van der Waals surface area contributed by atoms with E-state index in [1.54, 1.807) is 0 Å². The topological polar surface area (TPSA) is 44.4 Å². The standard InChI is InChI=1S/C14H27N3O/c1-12-5-2-3-7-17(12)8-4-6-16-14(18)9-13-10-15-11-13/h12-13,15H,2-11H2,1H3,(H,16,18). The minimum atomic E-state index is 0.230. The van der Waals surface area contributed by atoms with Gasteiger partial charge >= 0.3 is 0 Å². The van der Waals surface area contributed by atoms with Crippen LogP contribution in [0.4, 0.5) is 0 Å². The first-order valence-corrected chi connectivity index (χ1v) is 7.47. The predicted octanol–water partition coefficient (Wildman–Crippen LogP) is 0.977. The van der Waals surface area contributed by atoms with Crippen molar-refractivity contribution in [2.75, 3.05) is 32.7 Å². The number of nitrogens with one attached hydrogen (secondary N) is 2. The molecule has 0 radical (unpaired) electrons. The number of likely N-dealkylation sites (tertiary alicyclic amines) is 1. The first-order chi connectivity index (χ1) is 8.75. The zero-order valence-corrected chi connectivity index (χ0v) is 11.6. The maximum Gasteiger partial charge on any atom is 0.220 e. The molecule has 4 heteroatoms. The molecule has 1 atom stereocenters. The molecule has 1 unspecified atom stereocenters. The molecule has 4 nitrogen and oxygen atoms in total. The third-order valence-electron chi connectivity index (χ3n) is 4.22. The van der Waals surface area contributed by atoms with Crippen molar-refractivity contribution in [3.63, 3.8) is 0 Å². The van der Waals surface area contributed by atoms with E-state index < -0.39 is 0 Å². The molecule has 0 aromatic rings. The summed E-state index contributed by atoms with van der Waals surface area (Å²) in [5.41, 5.74) is 0. The molecule has 0 aromatic heterocycles. The average Bonchev–Trinajstić information content (AvgIpc) is 2.31. The highest BCUT2D eigenvalue weighted by Crippen LogP contribution is 2.16. The van der Waals surface area contributed by atoms with Crippen molar-refractivity contribution in [1.82, 2.24) is 15.5 Å². The maximum atomic E-state index is 11.6. The van der Waals surface area contributed by atoms with E-state index in [1.807, 2.05) is 0 Å². The van der Waals surface area contributed by atoms with Crippen LogP contribution in [0.1, 0.15) is 39.0 Å². The molecule has 2 heterocycles. The molecule has 104 valence electrons. The Morgan fingerprint density at radius 2 is 2.22 bits per heavy atom. The molecule has 0 saturated carbocycles. The van der Waals surface area contributed by atoms with Gasteiger partial charge in [-0.05, 0) is 51.7 Å². The van der Waals surface area contributed by atoms with Crippen LogP contribution in [0.15, 0.2) is 0 Å². The van der Waals surface area contributed by atoms with Gasteiger partial charge in [0.2, 0.25) is 5.91 Å². The van der Waals surface area contributed by atoms with E-state index in [1.165, 1.54) is 25.8 Å². The Labute approximate surface area is 110 Å². The van der Waals surface area contributed by atoms with Crippen molar-refractivity contribution < 1.29 is 4.79 Å². The van der Waals surface area contributed by atoms with Crippen molar-refractivity contribution >= 4 is 5.91 Å².